The van der Waals surface area contributed by atoms with Crippen molar-refractivity contribution >= 4 is 60.9 Å². The van der Waals surface area contributed by atoms with Crippen molar-refractivity contribution in [1.82, 2.24) is 9.97 Å². The fourth-order valence-corrected chi connectivity index (χ4v) is 8.10. The number of nitrogens with zero attached hydrogens (tertiary/aromatic N) is 3. The van der Waals surface area contributed by atoms with Crippen LogP contribution in [-0.4, -0.2) is 9.97 Å². The second-order valence-corrected chi connectivity index (χ2v) is 14.2. The van der Waals surface area contributed by atoms with Crippen LogP contribution in [0.1, 0.15) is 0 Å². The van der Waals surface area contributed by atoms with E-state index in [0.29, 0.717) is 0 Å². The molecule has 5 heteroatoms. The van der Waals surface area contributed by atoms with E-state index in [1.54, 1.807) is 0 Å². The number of pyridine rings is 2. The molecule has 5 nitrogen and oxygen atoms in total. The summed E-state index contributed by atoms with van der Waals surface area (Å²) in [6.07, 6.45) is 5.64. The topological polar surface area (TPSA) is 55.3 Å². The van der Waals surface area contributed by atoms with Crippen LogP contribution in [0.2, 0.25) is 0 Å². The molecule has 11 aromatic rings. The summed E-state index contributed by atoms with van der Waals surface area (Å²) < 4.78 is 12.8. The summed E-state index contributed by atoms with van der Waals surface area (Å²) in [5.41, 5.74) is 14.8. The van der Waals surface area contributed by atoms with Crippen LogP contribution >= 0.6 is 0 Å². The Morgan fingerprint density at radius 3 is 1.60 bits per heavy atom. The van der Waals surface area contributed by atoms with Crippen LogP contribution in [-0.2, 0) is 0 Å². The van der Waals surface area contributed by atoms with Crippen molar-refractivity contribution in [3.05, 3.63) is 201 Å². The third kappa shape index (κ3) is 5.64. The average molecular weight is 732 g/mol. The summed E-state index contributed by atoms with van der Waals surface area (Å²) in [5.74, 6) is 0. The first-order valence-corrected chi connectivity index (χ1v) is 19.0. The van der Waals surface area contributed by atoms with E-state index in [0.717, 1.165) is 94.5 Å². The van der Waals surface area contributed by atoms with Crippen LogP contribution < -0.4 is 4.90 Å². The lowest BCUT2D eigenvalue weighted by molar-refractivity contribution is 0.668. The molecule has 0 bridgehead atoms. The van der Waals surface area contributed by atoms with Crippen molar-refractivity contribution in [1.29, 1.82) is 0 Å². The average Bonchev–Trinajstić information content (AvgIpc) is 3.87. The highest BCUT2D eigenvalue weighted by Crippen LogP contribution is 2.43. The third-order valence-electron chi connectivity index (χ3n) is 10.8. The first-order chi connectivity index (χ1) is 28.3. The van der Waals surface area contributed by atoms with Crippen LogP contribution in [0.15, 0.2) is 209 Å². The molecule has 4 aromatic heterocycles. The molecule has 11 rings (SSSR count). The van der Waals surface area contributed by atoms with Gasteiger partial charge >= 0.3 is 0 Å². The summed E-state index contributed by atoms with van der Waals surface area (Å²) in [6, 6.07) is 63.5. The van der Waals surface area contributed by atoms with Gasteiger partial charge in [0, 0.05) is 68.3 Å². The zero-order valence-electron chi connectivity index (χ0n) is 30.7. The van der Waals surface area contributed by atoms with Crippen molar-refractivity contribution in [3.63, 3.8) is 0 Å². The van der Waals surface area contributed by atoms with E-state index in [2.05, 4.69) is 149 Å². The Hall–Kier alpha value is -7.76. The van der Waals surface area contributed by atoms with Crippen molar-refractivity contribution in [2.45, 2.75) is 0 Å². The second kappa shape index (κ2) is 13.5. The van der Waals surface area contributed by atoms with E-state index in [4.69, 9.17) is 13.8 Å². The Morgan fingerprint density at radius 2 is 0.912 bits per heavy atom. The minimum absolute atomic E-state index is 0.789. The number of rotatable bonds is 7. The first kappa shape index (κ1) is 32.7. The zero-order valence-corrected chi connectivity index (χ0v) is 30.7. The lowest BCUT2D eigenvalue weighted by Crippen LogP contribution is -2.10. The van der Waals surface area contributed by atoms with Gasteiger partial charge in [0.25, 0.3) is 0 Å². The number of furan rings is 2. The van der Waals surface area contributed by atoms with Crippen LogP contribution in [0.25, 0.3) is 88.5 Å². The molecule has 0 amide bonds. The molecule has 0 saturated heterocycles. The minimum atomic E-state index is 0.789. The Bertz CT molecular complexity index is 3070. The highest BCUT2D eigenvalue weighted by Gasteiger charge is 2.19. The summed E-state index contributed by atoms with van der Waals surface area (Å²) >= 11 is 0. The Morgan fingerprint density at radius 1 is 0.368 bits per heavy atom. The standard InChI is InChI=1S/C52H33N3O2/c1-3-11-34(12-4-1)41-28-27-40(31-45(41)35-13-5-2-6-14-35)55(38-23-19-36(20-24-38)46-32-53-33-47-43-16-8-10-18-49(43)56-51(46)47)39-25-21-37(22-26-39)50-52-44(29-30-54-50)42-15-7-9-17-48(42)57-52/h1-33H. The molecule has 0 N–H and O–H groups in total. The largest absolute Gasteiger partial charge is 0.455 e. The summed E-state index contributed by atoms with van der Waals surface area (Å²) in [5, 5.41) is 4.21. The van der Waals surface area contributed by atoms with Gasteiger partial charge in [-0.3, -0.25) is 9.97 Å². The molecule has 0 aliphatic rings. The van der Waals surface area contributed by atoms with Gasteiger partial charge in [-0.15, -0.1) is 0 Å². The van der Waals surface area contributed by atoms with E-state index >= 15 is 0 Å². The molecule has 0 atom stereocenters. The number of anilines is 3. The SMILES string of the molecule is c1ccc(-c2ccc(N(c3ccc(-c4cncc5c4oc4ccccc45)cc3)c3ccc(-c4nccc5c4oc4ccccc45)cc3)cc2-c2ccccc2)cc1. The lowest BCUT2D eigenvalue weighted by Gasteiger charge is -2.27. The van der Waals surface area contributed by atoms with Crippen molar-refractivity contribution in [2.75, 3.05) is 4.90 Å². The number of aromatic nitrogens is 2. The van der Waals surface area contributed by atoms with Gasteiger partial charge in [-0.05, 0) is 82.4 Å². The Kier molecular flexibility index (Phi) is 7.74. The van der Waals surface area contributed by atoms with Crippen molar-refractivity contribution < 1.29 is 8.83 Å². The number of fused-ring (bicyclic) bond motifs is 6. The molecule has 0 aliphatic heterocycles. The van der Waals surface area contributed by atoms with Gasteiger partial charge < -0.3 is 13.7 Å². The van der Waals surface area contributed by atoms with Gasteiger partial charge in [0.05, 0.1) is 0 Å². The van der Waals surface area contributed by atoms with Gasteiger partial charge in [-0.1, -0.05) is 127 Å². The smallest absolute Gasteiger partial charge is 0.161 e. The predicted octanol–water partition coefficient (Wildman–Crippen LogP) is 14.4. The Labute approximate surface area is 328 Å². The predicted molar refractivity (Wildman–Crippen MR) is 233 cm³/mol. The highest BCUT2D eigenvalue weighted by atomic mass is 16.3. The molecule has 0 aliphatic carbocycles. The van der Waals surface area contributed by atoms with Crippen molar-refractivity contribution in [3.8, 4) is 44.6 Å². The molecule has 57 heavy (non-hydrogen) atoms. The van der Waals surface area contributed by atoms with Gasteiger partial charge in [0.1, 0.15) is 22.4 Å². The molecule has 0 saturated carbocycles. The van der Waals surface area contributed by atoms with Crippen LogP contribution in [0.5, 0.6) is 0 Å². The van der Waals surface area contributed by atoms with E-state index in [1.807, 2.05) is 61.1 Å². The second-order valence-electron chi connectivity index (χ2n) is 14.2. The molecule has 0 fully saturated rings. The van der Waals surface area contributed by atoms with E-state index in [9.17, 15) is 0 Å². The fraction of sp³-hybridized carbons (Fsp3) is 0. The highest BCUT2D eigenvalue weighted by molar-refractivity contribution is 6.10. The molecule has 0 spiro atoms. The monoisotopic (exact) mass is 731 g/mol. The quantitative estimate of drug-likeness (QED) is 0.163. The number of para-hydroxylation sites is 2. The van der Waals surface area contributed by atoms with Crippen LogP contribution in [0.4, 0.5) is 17.1 Å². The molecular formula is C52H33N3O2. The van der Waals surface area contributed by atoms with Gasteiger partial charge in [0.15, 0.2) is 5.58 Å². The zero-order chi connectivity index (χ0) is 37.7. The van der Waals surface area contributed by atoms with E-state index in [-0.39, 0.29) is 0 Å². The molecule has 0 radical (unpaired) electrons. The Balaban J connectivity index is 1.05. The maximum atomic E-state index is 6.39. The number of hydrogen-bond donors (Lipinski definition) is 0. The summed E-state index contributed by atoms with van der Waals surface area (Å²) in [7, 11) is 0. The molecule has 7 aromatic carbocycles. The molecular weight excluding hydrogens is 699 g/mol. The van der Waals surface area contributed by atoms with Crippen molar-refractivity contribution in [2.24, 2.45) is 0 Å². The van der Waals surface area contributed by atoms with Gasteiger partial charge in [0.2, 0.25) is 0 Å². The van der Waals surface area contributed by atoms with E-state index < -0.39 is 0 Å². The minimum Gasteiger partial charge on any atom is -0.455 e. The molecule has 268 valence electrons. The first-order valence-electron chi connectivity index (χ1n) is 19.0. The van der Waals surface area contributed by atoms with Crippen LogP contribution in [0, 0.1) is 0 Å². The number of hydrogen-bond acceptors (Lipinski definition) is 5. The number of benzene rings is 7. The maximum Gasteiger partial charge on any atom is 0.161 e. The molecule has 4 heterocycles. The van der Waals surface area contributed by atoms with Crippen LogP contribution in [0.3, 0.4) is 0 Å². The maximum absolute atomic E-state index is 6.39. The lowest BCUT2D eigenvalue weighted by atomic mass is 9.93. The third-order valence-corrected chi connectivity index (χ3v) is 10.8. The van der Waals surface area contributed by atoms with Gasteiger partial charge in [-0.25, -0.2) is 0 Å². The van der Waals surface area contributed by atoms with E-state index in [1.165, 1.54) is 11.1 Å². The molecule has 0 unspecified atom stereocenters. The fourth-order valence-electron chi connectivity index (χ4n) is 8.10. The normalized spacial score (nSPS) is 11.5. The van der Waals surface area contributed by atoms with Gasteiger partial charge in [-0.2, -0.15) is 0 Å². The summed E-state index contributed by atoms with van der Waals surface area (Å²) in [6.45, 7) is 0. The summed E-state index contributed by atoms with van der Waals surface area (Å²) in [4.78, 5) is 11.7.